The largest absolute Gasteiger partial charge is 0.481 e. The van der Waals surface area contributed by atoms with E-state index in [1.165, 1.54) is 0 Å². The normalized spacial score (nSPS) is 10.4. The summed E-state index contributed by atoms with van der Waals surface area (Å²) >= 11 is 5.92. The minimum atomic E-state index is -0.866. The van der Waals surface area contributed by atoms with Gasteiger partial charge < -0.3 is 10.1 Å². The first-order chi connectivity index (χ1) is 8.16. The van der Waals surface area contributed by atoms with E-state index in [0.29, 0.717) is 28.8 Å². The molecule has 0 bridgehead atoms. The van der Waals surface area contributed by atoms with E-state index in [9.17, 15) is 4.79 Å². The second kappa shape index (κ2) is 4.97. The zero-order valence-corrected chi connectivity index (χ0v) is 9.61. The number of H-pyrrole nitrogens is 1. The summed E-state index contributed by atoms with van der Waals surface area (Å²) in [5.74, 6) is -0.314. The van der Waals surface area contributed by atoms with Crippen LogP contribution >= 0.6 is 11.6 Å². The smallest absolute Gasteiger partial charge is 0.303 e. The number of aromatic nitrogens is 3. The fourth-order valence-electron chi connectivity index (χ4n) is 1.41. The van der Waals surface area contributed by atoms with Gasteiger partial charge in [-0.1, -0.05) is 17.7 Å². The molecule has 0 amide bonds. The van der Waals surface area contributed by atoms with Crippen molar-refractivity contribution in [3.8, 4) is 11.5 Å². The molecule has 0 fully saturated rings. The van der Waals surface area contributed by atoms with Crippen molar-refractivity contribution in [2.75, 3.05) is 0 Å². The van der Waals surface area contributed by atoms with Crippen molar-refractivity contribution in [3.63, 3.8) is 0 Å². The molecule has 0 aromatic carbocycles. The Hall–Kier alpha value is -1.88. The predicted octanol–water partition coefficient (Wildman–Crippen LogP) is 2.14. The first-order valence-corrected chi connectivity index (χ1v) is 5.42. The Labute approximate surface area is 102 Å². The molecular weight excluding hydrogens is 242 g/mol. The number of nitrogens with one attached hydrogen (secondary N) is 1. The zero-order chi connectivity index (χ0) is 12.3. The summed E-state index contributed by atoms with van der Waals surface area (Å²) in [7, 11) is 0. The van der Waals surface area contributed by atoms with Crippen LogP contribution in [0.1, 0.15) is 12.1 Å². The third-order valence-electron chi connectivity index (χ3n) is 2.22. The van der Waals surface area contributed by atoms with Crippen LogP contribution in [0.2, 0.25) is 5.15 Å². The lowest BCUT2D eigenvalue weighted by Gasteiger charge is -1.95. The summed E-state index contributed by atoms with van der Waals surface area (Å²) < 4.78 is 0. The van der Waals surface area contributed by atoms with Gasteiger partial charge in [0.1, 0.15) is 5.69 Å². The molecule has 2 rings (SSSR count). The molecule has 17 heavy (non-hydrogen) atoms. The maximum Gasteiger partial charge on any atom is 0.303 e. The molecule has 0 atom stereocenters. The Kier molecular flexibility index (Phi) is 3.39. The van der Waals surface area contributed by atoms with Gasteiger partial charge in [-0.25, -0.2) is 4.98 Å². The first-order valence-electron chi connectivity index (χ1n) is 5.04. The Morgan fingerprint density at radius 3 is 2.94 bits per heavy atom. The van der Waals surface area contributed by atoms with E-state index >= 15 is 0 Å². The summed E-state index contributed by atoms with van der Waals surface area (Å²) in [6, 6.07) is 5.45. The van der Waals surface area contributed by atoms with Gasteiger partial charge in [0.2, 0.25) is 0 Å². The van der Waals surface area contributed by atoms with Crippen LogP contribution in [0.15, 0.2) is 24.4 Å². The van der Waals surface area contributed by atoms with Crippen LogP contribution in [0.3, 0.4) is 0 Å². The molecule has 5 nitrogen and oxygen atoms in total. The summed E-state index contributed by atoms with van der Waals surface area (Å²) in [4.78, 5) is 21.7. The number of carboxylic acid groups (broad SMARTS) is 1. The van der Waals surface area contributed by atoms with Crippen LogP contribution < -0.4 is 0 Å². The fraction of sp³-hybridized carbons (Fsp3) is 0.182. The molecule has 0 aliphatic heterocycles. The average molecular weight is 252 g/mol. The number of halogens is 1. The fourth-order valence-corrected chi connectivity index (χ4v) is 1.64. The zero-order valence-electron chi connectivity index (χ0n) is 8.85. The number of aliphatic carboxylic acids is 1. The lowest BCUT2D eigenvalue weighted by molar-refractivity contribution is -0.136. The van der Waals surface area contributed by atoms with E-state index in [1.54, 1.807) is 18.3 Å². The molecular formula is C11H10ClN3O2. The molecule has 88 valence electrons. The topological polar surface area (TPSA) is 78.9 Å². The van der Waals surface area contributed by atoms with E-state index in [-0.39, 0.29) is 6.42 Å². The number of rotatable bonds is 4. The standard InChI is InChI=1S/C11H10ClN3O2/c12-10-7(4-5-9(16)17)14-11(15-10)8-3-1-2-6-13-8/h1-3,6H,4-5H2,(H,14,15)(H,16,17). The van der Waals surface area contributed by atoms with Crippen molar-refractivity contribution in [1.29, 1.82) is 0 Å². The summed E-state index contributed by atoms with van der Waals surface area (Å²) in [5, 5.41) is 8.90. The summed E-state index contributed by atoms with van der Waals surface area (Å²) in [6.45, 7) is 0. The van der Waals surface area contributed by atoms with Gasteiger partial charge in [-0.2, -0.15) is 0 Å². The highest BCUT2D eigenvalue weighted by Crippen LogP contribution is 2.20. The van der Waals surface area contributed by atoms with Crippen LogP contribution in [0, 0.1) is 0 Å². The quantitative estimate of drug-likeness (QED) is 0.873. The van der Waals surface area contributed by atoms with Crippen LogP contribution in [0.5, 0.6) is 0 Å². The molecule has 2 heterocycles. The minimum Gasteiger partial charge on any atom is -0.481 e. The number of pyridine rings is 1. The molecule has 0 spiro atoms. The van der Waals surface area contributed by atoms with Crippen LogP contribution in [0.4, 0.5) is 0 Å². The third-order valence-corrected chi connectivity index (χ3v) is 2.54. The van der Waals surface area contributed by atoms with Crippen molar-refractivity contribution in [1.82, 2.24) is 15.0 Å². The molecule has 0 radical (unpaired) electrons. The van der Waals surface area contributed by atoms with E-state index in [2.05, 4.69) is 15.0 Å². The van der Waals surface area contributed by atoms with Gasteiger partial charge >= 0.3 is 5.97 Å². The number of aryl methyl sites for hydroxylation is 1. The molecule has 2 aromatic rings. The monoisotopic (exact) mass is 251 g/mol. The van der Waals surface area contributed by atoms with Gasteiger partial charge in [-0.05, 0) is 12.1 Å². The van der Waals surface area contributed by atoms with Crippen LogP contribution in [-0.4, -0.2) is 26.0 Å². The van der Waals surface area contributed by atoms with Crippen molar-refractivity contribution >= 4 is 17.6 Å². The van der Waals surface area contributed by atoms with E-state index in [1.807, 2.05) is 6.07 Å². The Balaban J connectivity index is 2.22. The Morgan fingerprint density at radius 1 is 1.47 bits per heavy atom. The van der Waals surface area contributed by atoms with Gasteiger partial charge in [-0.3, -0.25) is 9.78 Å². The van der Waals surface area contributed by atoms with E-state index < -0.39 is 5.97 Å². The molecule has 0 saturated carbocycles. The number of imidazole rings is 1. The molecule has 0 unspecified atom stereocenters. The van der Waals surface area contributed by atoms with Crippen molar-refractivity contribution in [3.05, 3.63) is 35.2 Å². The van der Waals surface area contributed by atoms with Crippen LogP contribution in [-0.2, 0) is 11.2 Å². The first kappa shape index (κ1) is 11.6. The second-order valence-electron chi connectivity index (χ2n) is 3.46. The van der Waals surface area contributed by atoms with Gasteiger partial charge in [0.25, 0.3) is 0 Å². The highest BCUT2D eigenvalue weighted by Gasteiger charge is 2.11. The van der Waals surface area contributed by atoms with Gasteiger partial charge in [-0.15, -0.1) is 0 Å². The molecule has 2 aromatic heterocycles. The maximum absolute atomic E-state index is 10.5. The molecule has 0 aliphatic rings. The van der Waals surface area contributed by atoms with Crippen LogP contribution in [0.25, 0.3) is 11.5 Å². The number of aromatic amines is 1. The van der Waals surface area contributed by atoms with Crippen molar-refractivity contribution < 1.29 is 9.90 Å². The summed E-state index contributed by atoms with van der Waals surface area (Å²) in [6.07, 6.45) is 2.00. The Morgan fingerprint density at radius 2 is 2.29 bits per heavy atom. The van der Waals surface area contributed by atoms with Gasteiger partial charge in [0.05, 0.1) is 12.1 Å². The summed E-state index contributed by atoms with van der Waals surface area (Å²) in [5.41, 5.74) is 1.30. The van der Waals surface area contributed by atoms with Gasteiger partial charge in [0.15, 0.2) is 11.0 Å². The maximum atomic E-state index is 10.5. The molecule has 6 heteroatoms. The molecule has 0 aliphatic carbocycles. The number of hydrogen-bond acceptors (Lipinski definition) is 3. The van der Waals surface area contributed by atoms with Gasteiger partial charge in [0, 0.05) is 12.6 Å². The predicted molar refractivity (Wildman–Crippen MR) is 62.8 cm³/mol. The van der Waals surface area contributed by atoms with Crippen molar-refractivity contribution in [2.45, 2.75) is 12.8 Å². The highest BCUT2D eigenvalue weighted by atomic mass is 35.5. The van der Waals surface area contributed by atoms with E-state index in [4.69, 9.17) is 16.7 Å². The lowest BCUT2D eigenvalue weighted by Crippen LogP contribution is -1.98. The van der Waals surface area contributed by atoms with E-state index in [0.717, 1.165) is 0 Å². The third kappa shape index (κ3) is 2.82. The SMILES string of the molecule is O=C(O)CCc1[nH]c(-c2ccccn2)nc1Cl. The Bertz CT molecular complexity index is 525. The number of hydrogen-bond donors (Lipinski definition) is 2. The number of carboxylic acids is 1. The van der Waals surface area contributed by atoms with Crippen molar-refractivity contribution in [2.24, 2.45) is 0 Å². The number of carbonyl (C=O) groups is 1. The molecule has 0 saturated heterocycles. The minimum absolute atomic E-state index is 0.0174. The average Bonchev–Trinajstić information content (AvgIpc) is 2.69. The molecule has 2 N–H and O–H groups in total. The highest BCUT2D eigenvalue weighted by molar-refractivity contribution is 6.30. The second-order valence-corrected chi connectivity index (χ2v) is 3.82. The lowest BCUT2D eigenvalue weighted by atomic mass is 10.2. The number of nitrogens with zero attached hydrogens (tertiary/aromatic N) is 2.